The Balaban J connectivity index is 0.963. The second-order valence-corrected chi connectivity index (χ2v) is 16.2. The zero-order chi connectivity index (χ0) is 46.3. The van der Waals surface area contributed by atoms with E-state index in [4.69, 9.17) is 32.7 Å². The zero-order valence-corrected chi connectivity index (χ0v) is 35.0. The molecule has 0 spiro atoms. The van der Waals surface area contributed by atoms with Gasteiger partial charge in [0, 0.05) is 68.3 Å². The molecule has 65 heavy (non-hydrogen) atoms. The third-order valence-corrected chi connectivity index (χ3v) is 12.3. The van der Waals surface area contributed by atoms with E-state index in [2.05, 4.69) is 25.6 Å². The van der Waals surface area contributed by atoms with Crippen LogP contribution in [-0.4, -0.2) is 80.3 Å². The van der Waals surface area contributed by atoms with Crippen molar-refractivity contribution in [2.75, 3.05) is 53.2 Å². The number of amides is 2. The molecule has 8 rings (SSSR count). The van der Waals surface area contributed by atoms with E-state index in [0.29, 0.717) is 80.3 Å². The molecule has 16 nitrogen and oxygen atoms in total. The first-order chi connectivity index (χ1) is 31.0. The van der Waals surface area contributed by atoms with Crippen LogP contribution in [0.3, 0.4) is 0 Å². The second-order valence-electron chi connectivity index (χ2n) is 16.2. The zero-order valence-electron chi connectivity index (χ0n) is 35.0. The number of nitrogens with two attached hydrogens (primary N) is 3. The molecule has 4 aromatic heterocycles. The first kappa shape index (κ1) is 44.2. The molecule has 2 saturated heterocycles. The number of aryl methyl sites for hydroxylation is 1. The minimum Gasteiger partial charge on any atom is -0.370 e. The van der Waals surface area contributed by atoms with Gasteiger partial charge in [-0.05, 0) is 99.3 Å². The quantitative estimate of drug-likeness (QED) is 0.0547. The van der Waals surface area contributed by atoms with E-state index in [0.717, 1.165) is 11.8 Å². The fourth-order valence-electron chi connectivity index (χ4n) is 8.43. The number of benzene rings is 2. The Morgan fingerprint density at radius 2 is 1.40 bits per heavy atom. The van der Waals surface area contributed by atoms with Crippen molar-refractivity contribution in [1.82, 2.24) is 29.5 Å². The maximum atomic E-state index is 15.5. The molecule has 0 saturated carbocycles. The normalized spacial score (nSPS) is 16.0. The van der Waals surface area contributed by atoms with Crippen molar-refractivity contribution in [3.8, 4) is 11.3 Å². The number of carbonyl (C=O) groups excluding carboxylic acids is 2. The average Bonchev–Trinajstić information content (AvgIpc) is 3.93. The molecule has 2 aliphatic heterocycles. The van der Waals surface area contributed by atoms with E-state index in [-0.39, 0.29) is 34.9 Å². The molecule has 0 bridgehead atoms. The Labute approximate surface area is 369 Å². The number of carbonyl (C=O) groups is 2. The maximum absolute atomic E-state index is 15.5. The molecule has 2 amide bonds. The summed E-state index contributed by atoms with van der Waals surface area (Å²) in [7, 11) is 0. The van der Waals surface area contributed by atoms with Gasteiger partial charge < -0.3 is 43.0 Å². The smallest absolute Gasteiger partial charge is 0.370 e. The lowest BCUT2D eigenvalue weighted by atomic mass is 9.87. The van der Waals surface area contributed by atoms with Gasteiger partial charge in [-0.2, -0.15) is 23.4 Å². The summed E-state index contributed by atoms with van der Waals surface area (Å²) in [5.41, 5.74) is 18.8. The van der Waals surface area contributed by atoms with Crippen LogP contribution in [0.25, 0.3) is 11.3 Å². The molecular weight excluding hydrogens is 852 g/mol. The van der Waals surface area contributed by atoms with Crippen molar-refractivity contribution in [3.63, 3.8) is 0 Å². The van der Waals surface area contributed by atoms with Crippen LogP contribution in [0, 0.1) is 24.0 Å². The summed E-state index contributed by atoms with van der Waals surface area (Å²) in [6, 6.07) is 15.8. The molecule has 9 N–H and O–H groups in total. The molecule has 338 valence electrons. The van der Waals surface area contributed by atoms with Gasteiger partial charge in [0.2, 0.25) is 0 Å². The van der Waals surface area contributed by atoms with E-state index in [1.807, 2.05) is 17.9 Å². The van der Waals surface area contributed by atoms with Gasteiger partial charge in [0.05, 0.1) is 34.5 Å². The summed E-state index contributed by atoms with van der Waals surface area (Å²) in [5.74, 6) is -2.11. The Bertz CT molecular complexity index is 2740. The summed E-state index contributed by atoms with van der Waals surface area (Å²) in [6.45, 7) is 3.81. The highest BCUT2D eigenvalue weighted by Gasteiger charge is 2.39. The number of piperidine rings is 2. The number of rotatable bonds is 13. The van der Waals surface area contributed by atoms with Crippen LogP contribution in [0.4, 0.5) is 56.3 Å². The summed E-state index contributed by atoms with van der Waals surface area (Å²) in [6.07, 6.45) is 2.80. The molecule has 6 aromatic rings. The third-order valence-electron chi connectivity index (χ3n) is 12.3. The van der Waals surface area contributed by atoms with Crippen molar-refractivity contribution in [3.05, 3.63) is 119 Å². The number of halogens is 5. The maximum Gasteiger partial charge on any atom is 0.433 e. The number of alkyl halides is 3. The minimum absolute atomic E-state index is 0.0768. The number of nitrogens with zero attached hydrogens (tertiary/aromatic N) is 8. The highest BCUT2D eigenvalue weighted by molar-refractivity contribution is 5.99. The largest absolute Gasteiger partial charge is 0.433 e. The van der Waals surface area contributed by atoms with Gasteiger partial charge >= 0.3 is 6.18 Å². The SMILES string of the molecule is Cc1nc(-c2cc(Nc3nn(C4(CN)CCN(c5ccc(C(F)(F)F)nc5)CC4)cc3C(N)=O)ccc2F)ccc1N1CCC(C=N)(n2cc(C(N)=O)c(Nc3ccc(F)cc3)n2)CC1. The van der Waals surface area contributed by atoms with E-state index in [1.165, 1.54) is 67.3 Å². The highest BCUT2D eigenvalue weighted by atomic mass is 19.4. The van der Waals surface area contributed by atoms with Gasteiger partial charge in [-0.25, -0.2) is 13.8 Å². The lowest BCUT2D eigenvalue weighted by Crippen LogP contribution is -2.50. The van der Waals surface area contributed by atoms with Crippen LogP contribution in [0.2, 0.25) is 0 Å². The van der Waals surface area contributed by atoms with Gasteiger partial charge in [-0.15, -0.1) is 0 Å². The number of hydrogen-bond acceptors (Lipinski definition) is 12. The Morgan fingerprint density at radius 1 is 0.800 bits per heavy atom. The predicted octanol–water partition coefficient (Wildman–Crippen LogP) is 6.43. The lowest BCUT2D eigenvalue weighted by molar-refractivity contribution is -0.141. The number of anilines is 6. The van der Waals surface area contributed by atoms with Crippen LogP contribution < -0.4 is 37.6 Å². The topological polar surface area (TPSA) is 228 Å². The second kappa shape index (κ2) is 17.3. The lowest BCUT2D eigenvalue weighted by Gasteiger charge is -2.42. The Kier molecular flexibility index (Phi) is 11.7. The molecular formula is C44H45F5N14O2. The fraction of sp³-hybridized carbons (Fsp3) is 0.295. The van der Waals surface area contributed by atoms with Gasteiger partial charge in [0.25, 0.3) is 11.8 Å². The molecule has 2 fully saturated rings. The van der Waals surface area contributed by atoms with E-state index in [1.54, 1.807) is 21.5 Å². The average molecular weight is 897 g/mol. The molecule has 2 aliphatic rings. The fourth-order valence-corrected chi connectivity index (χ4v) is 8.43. The molecule has 21 heteroatoms. The van der Waals surface area contributed by atoms with E-state index < -0.39 is 46.4 Å². The van der Waals surface area contributed by atoms with Crippen molar-refractivity contribution >= 4 is 52.4 Å². The van der Waals surface area contributed by atoms with Gasteiger partial charge in [-0.3, -0.25) is 23.9 Å². The van der Waals surface area contributed by atoms with E-state index in [9.17, 15) is 27.2 Å². The first-order valence-electron chi connectivity index (χ1n) is 20.6. The summed E-state index contributed by atoms with van der Waals surface area (Å²) in [4.78, 5) is 37.5. The first-order valence-corrected chi connectivity index (χ1v) is 20.6. The monoisotopic (exact) mass is 896 g/mol. The Hall–Kier alpha value is -7.42. The molecule has 0 atom stereocenters. The molecule has 0 unspecified atom stereocenters. The summed E-state index contributed by atoms with van der Waals surface area (Å²) in [5, 5.41) is 23.9. The molecule has 0 radical (unpaired) electrons. The van der Waals surface area contributed by atoms with Crippen LogP contribution >= 0.6 is 0 Å². The van der Waals surface area contributed by atoms with Crippen molar-refractivity contribution < 1.29 is 31.5 Å². The van der Waals surface area contributed by atoms with Gasteiger partial charge in [0.15, 0.2) is 11.6 Å². The van der Waals surface area contributed by atoms with Gasteiger partial charge in [-0.1, -0.05) is 0 Å². The molecule has 6 heterocycles. The van der Waals surface area contributed by atoms with Crippen LogP contribution in [0.15, 0.2) is 85.3 Å². The van der Waals surface area contributed by atoms with Crippen LogP contribution in [-0.2, 0) is 17.3 Å². The standard InChI is InChI=1S/C44H45F5N14O2/c1-26-36(61-18-14-43(25-51,15-19-61)63-22-32(38(52)64)40(58-63)56-28-4-2-27(45)3-5-28)10-9-35(55-26)31-20-29(6-8-34(31)46)57-41-33(39(53)65)23-62(59-41)42(24-50)12-16-60(17-13-42)30-7-11-37(54-21-30)44(47,48)49/h2-11,20-23,25,51H,12-19,24,50H2,1H3,(H2,52,64)(H2,53,65)(H,56,58)(H,57,59). The predicted molar refractivity (Wildman–Crippen MR) is 235 cm³/mol. The van der Waals surface area contributed by atoms with Crippen LogP contribution in [0.5, 0.6) is 0 Å². The minimum atomic E-state index is -4.55. The van der Waals surface area contributed by atoms with Crippen molar-refractivity contribution in [2.24, 2.45) is 17.2 Å². The third kappa shape index (κ3) is 8.78. The number of primary amides is 2. The molecule has 2 aromatic carbocycles. The Morgan fingerprint density at radius 3 is 1.97 bits per heavy atom. The number of pyridine rings is 2. The highest BCUT2D eigenvalue weighted by Crippen LogP contribution is 2.37. The van der Waals surface area contributed by atoms with Gasteiger partial charge in [0.1, 0.15) is 34.0 Å². The number of nitrogens with one attached hydrogen (secondary N) is 3. The summed E-state index contributed by atoms with van der Waals surface area (Å²) < 4.78 is 71.5. The van der Waals surface area contributed by atoms with Crippen molar-refractivity contribution in [1.29, 1.82) is 5.41 Å². The van der Waals surface area contributed by atoms with E-state index >= 15 is 4.39 Å². The number of aromatic nitrogens is 6. The molecule has 0 aliphatic carbocycles. The summed E-state index contributed by atoms with van der Waals surface area (Å²) >= 11 is 0. The van der Waals surface area contributed by atoms with Crippen LogP contribution in [0.1, 0.15) is 57.8 Å². The van der Waals surface area contributed by atoms with Crippen molar-refractivity contribution in [2.45, 2.75) is 49.9 Å². The number of hydrogen-bond donors (Lipinski definition) is 6.